The molecule has 0 rings (SSSR count). The maximum Gasteiger partial charge on any atom is 0.115 e. The maximum absolute atomic E-state index is 4.14. The van der Waals surface area contributed by atoms with Crippen molar-refractivity contribution in [3.05, 3.63) is 24.6 Å². The summed E-state index contributed by atoms with van der Waals surface area (Å²) in [4.78, 5) is 12.2. The molecule has 3 heteroatoms. The molecule has 0 aliphatic rings. The number of nitrogens with zero attached hydrogens (tertiary/aromatic N) is 3. The summed E-state index contributed by atoms with van der Waals surface area (Å²) < 4.78 is 0. The Balaban J connectivity index is 4.47. The minimum Gasteiger partial charge on any atom is -0.260 e. The highest BCUT2D eigenvalue weighted by atomic mass is 14.9. The molecule has 0 spiro atoms. The molecule has 0 aromatic carbocycles. The molecule has 0 N–H and O–H groups in total. The van der Waals surface area contributed by atoms with Gasteiger partial charge in [-0.25, -0.2) is 9.98 Å². The number of hydrogen-bond donors (Lipinski definition) is 0. The molecule has 0 amide bonds. The van der Waals surface area contributed by atoms with E-state index in [1.165, 1.54) is 12.5 Å². The molecule has 0 aliphatic carbocycles. The van der Waals surface area contributed by atoms with Crippen LogP contribution in [0.15, 0.2) is 39.5 Å². The lowest BCUT2D eigenvalue weighted by molar-refractivity contribution is 1.29. The highest BCUT2D eigenvalue weighted by molar-refractivity contribution is 6.41. The summed E-state index contributed by atoms with van der Waals surface area (Å²) in [6.07, 6.45) is 4.96. The third kappa shape index (κ3) is 5.19. The third-order valence-electron chi connectivity index (χ3n) is 1.74. The second kappa shape index (κ2) is 6.95. The first-order valence-corrected chi connectivity index (χ1v) is 4.47. The van der Waals surface area contributed by atoms with E-state index in [9.17, 15) is 0 Å². The van der Waals surface area contributed by atoms with Crippen LogP contribution in [0.3, 0.4) is 0 Å². The van der Waals surface area contributed by atoms with E-state index in [4.69, 9.17) is 0 Å². The van der Waals surface area contributed by atoms with Crippen LogP contribution in [0, 0.1) is 0 Å². The lowest BCUT2D eigenvalue weighted by Gasteiger charge is -1.94. The lowest BCUT2D eigenvalue weighted by Crippen LogP contribution is -2.04. The normalized spacial score (nSPS) is 15.0. The topological polar surface area (TPSA) is 37.1 Å². The first kappa shape index (κ1) is 12.5. The molecular weight excluding hydrogens is 174 g/mol. The van der Waals surface area contributed by atoms with Gasteiger partial charge in [-0.05, 0) is 27.7 Å². The zero-order valence-corrected chi connectivity index (χ0v) is 9.28. The van der Waals surface area contributed by atoms with Crippen molar-refractivity contribution in [3.8, 4) is 0 Å². The van der Waals surface area contributed by atoms with E-state index in [2.05, 4.69) is 21.6 Å². The van der Waals surface area contributed by atoms with Crippen LogP contribution in [0.4, 0.5) is 0 Å². The standard InChI is InChI=1S/C11H17N3/c1-6-9(3)13-8-14-11(5)10(4)12-7-2/h6-8H,2H2,1,3-5H3/b9-6+,12-10+,13-8-,14-11-. The first-order chi connectivity index (χ1) is 6.61. The molecule has 3 nitrogen and oxygen atoms in total. The van der Waals surface area contributed by atoms with Crippen molar-refractivity contribution in [2.75, 3.05) is 0 Å². The predicted molar refractivity (Wildman–Crippen MR) is 64.3 cm³/mol. The van der Waals surface area contributed by atoms with Crippen molar-refractivity contribution < 1.29 is 0 Å². The van der Waals surface area contributed by atoms with Crippen molar-refractivity contribution in [1.82, 2.24) is 0 Å². The zero-order valence-electron chi connectivity index (χ0n) is 9.28. The van der Waals surface area contributed by atoms with E-state index >= 15 is 0 Å². The van der Waals surface area contributed by atoms with Crippen LogP contribution in [-0.2, 0) is 0 Å². The van der Waals surface area contributed by atoms with E-state index in [0.717, 1.165) is 17.1 Å². The number of allylic oxidation sites excluding steroid dienone is 2. The molecule has 0 atom stereocenters. The molecule has 0 aliphatic heterocycles. The van der Waals surface area contributed by atoms with E-state index in [0.29, 0.717) is 0 Å². The minimum absolute atomic E-state index is 0.845. The average molecular weight is 191 g/mol. The molecule has 76 valence electrons. The summed E-state index contributed by atoms with van der Waals surface area (Å²) in [5.74, 6) is 0. The van der Waals surface area contributed by atoms with Crippen molar-refractivity contribution in [2.24, 2.45) is 15.0 Å². The van der Waals surface area contributed by atoms with Crippen LogP contribution in [0.2, 0.25) is 0 Å². The van der Waals surface area contributed by atoms with Gasteiger partial charge in [0.15, 0.2) is 0 Å². The molecule has 0 unspecified atom stereocenters. The van der Waals surface area contributed by atoms with Gasteiger partial charge in [-0.1, -0.05) is 12.7 Å². The highest BCUT2D eigenvalue weighted by Crippen LogP contribution is 1.91. The summed E-state index contributed by atoms with van der Waals surface area (Å²) in [6.45, 7) is 11.2. The molecule has 0 radical (unpaired) electrons. The molecule has 0 saturated heterocycles. The minimum atomic E-state index is 0.845. The molecule has 0 fully saturated rings. The molecule has 0 aromatic heterocycles. The van der Waals surface area contributed by atoms with Crippen molar-refractivity contribution in [3.63, 3.8) is 0 Å². The fraction of sp³-hybridized carbons (Fsp3) is 0.364. The van der Waals surface area contributed by atoms with Crippen LogP contribution in [0.1, 0.15) is 27.7 Å². The first-order valence-electron chi connectivity index (χ1n) is 4.47. The van der Waals surface area contributed by atoms with Gasteiger partial charge in [-0.2, -0.15) is 0 Å². The Kier molecular flexibility index (Phi) is 6.20. The monoisotopic (exact) mass is 191 g/mol. The van der Waals surface area contributed by atoms with Crippen LogP contribution in [-0.4, -0.2) is 17.8 Å². The smallest absolute Gasteiger partial charge is 0.115 e. The van der Waals surface area contributed by atoms with E-state index in [1.807, 2.05) is 33.8 Å². The van der Waals surface area contributed by atoms with Crippen molar-refractivity contribution in [1.29, 1.82) is 0 Å². The van der Waals surface area contributed by atoms with Gasteiger partial charge >= 0.3 is 0 Å². The Morgan fingerprint density at radius 1 is 1.07 bits per heavy atom. The molecule has 0 aromatic rings. The Labute approximate surface area is 85.7 Å². The Morgan fingerprint density at radius 3 is 2.14 bits per heavy atom. The predicted octanol–water partition coefficient (Wildman–Crippen LogP) is 3.00. The average Bonchev–Trinajstić information content (AvgIpc) is 2.17. The Bertz CT molecular complexity index is 306. The number of rotatable bonds is 4. The highest BCUT2D eigenvalue weighted by Gasteiger charge is 1.92. The summed E-state index contributed by atoms with van der Waals surface area (Å²) >= 11 is 0. The third-order valence-corrected chi connectivity index (χ3v) is 1.74. The Hall–Kier alpha value is -1.51. The maximum atomic E-state index is 4.14. The van der Waals surface area contributed by atoms with E-state index < -0.39 is 0 Å². The molecule has 0 saturated carbocycles. The van der Waals surface area contributed by atoms with E-state index in [1.54, 1.807) is 0 Å². The van der Waals surface area contributed by atoms with Gasteiger partial charge in [-0.15, -0.1) is 0 Å². The van der Waals surface area contributed by atoms with Gasteiger partial charge in [-0.3, -0.25) is 4.99 Å². The summed E-state index contributed by atoms with van der Waals surface area (Å²) in [5.41, 5.74) is 2.64. The molecule has 14 heavy (non-hydrogen) atoms. The van der Waals surface area contributed by atoms with Crippen LogP contribution in [0.25, 0.3) is 0 Å². The van der Waals surface area contributed by atoms with Gasteiger partial charge in [0.25, 0.3) is 0 Å². The molecule has 0 bridgehead atoms. The molecule has 0 heterocycles. The second-order valence-corrected chi connectivity index (χ2v) is 2.79. The number of aliphatic imine (C=N–C) groups is 3. The van der Waals surface area contributed by atoms with E-state index in [-0.39, 0.29) is 0 Å². The lowest BCUT2D eigenvalue weighted by atomic mass is 10.3. The van der Waals surface area contributed by atoms with Gasteiger partial charge in [0.1, 0.15) is 6.34 Å². The summed E-state index contributed by atoms with van der Waals surface area (Å²) in [5, 5.41) is 0. The quantitative estimate of drug-likeness (QED) is 0.484. The zero-order chi connectivity index (χ0) is 11.0. The Morgan fingerprint density at radius 2 is 1.64 bits per heavy atom. The van der Waals surface area contributed by atoms with Crippen LogP contribution >= 0.6 is 0 Å². The van der Waals surface area contributed by atoms with Crippen molar-refractivity contribution >= 4 is 17.8 Å². The van der Waals surface area contributed by atoms with Crippen molar-refractivity contribution in [2.45, 2.75) is 27.7 Å². The fourth-order valence-corrected chi connectivity index (χ4v) is 0.605. The molecular formula is C11H17N3. The van der Waals surface area contributed by atoms with Gasteiger partial charge in [0.05, 0.1) is 11.4 Å². The van der Waals surface area contributed by atoms with Crippen LogP contribution < -0.4 is 0 Å². The largest absolute Gasteiger partial charge is 0.260 e. The van der Waals surface area contributed by atoms with Crippen LogP contribution in [0.5, 0.6) is 0 Å². The second-order valence-electron chi connectivity index (χ2n) is 2.79. The SMILES string of the molecule is C=C/N=C(C)/C(C)=N\C=N/C(C)=C/C. The summed E-state index contributed by atoms with van der Waals surface area (Å²) in [6, 6.07) is 0. The fourth-order valence-electron chi connectivity index (χ4n) is 0.605. The summed E-state index contributed by atoms with van der Waals surface area (Å²) in [7, 11) is 0. The number of hydrogen-bond acceptors (Lipinski definition) is 2. The van der Waals surface area contributed by atoms with Gasteiger partial charge in [0.2, 0.25) is 0 Å². The van der Waals surface area contributed by atoms with Gasteiger partial charge in [0, 0.05) is 11.9 Å². The van der Waals surface area contributed by atoms with Gasteiger partial charge < -0.3 is 0 Å².